The van der Waals surface area contributed by atoms with Gasteiger partial charge in [-0.1, -0.05) is 89.7 Å². The molecule has 0 saturated carbocycles. The molecule has 1 N–H and O–H groups in total. The quantitative estimate of drug-likeness (QED) is 0.176. The molecule has 5 nitrogen and oxygen atoms in total. The Morgan fingerprint density at radius 2 is 1.59 bits per heavy atom. The minimum Gasteiger partial charge on any atom is -0.493 e. The van der Waals surface area contributed by atoms with Crippen molar-refractivity contribution < 1.29 is 14.3 Å². The zero-order valence-electron chi connectivity index (χ0n) is 24.3. The third kappa shape index (κ3) is 11.6. The van der Waals surface area contributed by atoms with Crippen molar-refractivity contribution in [1.29, 1.82) is 0 Å². The van der Waals surface area contributed by atoms with Crippen molar-refractivity contribution in [3.63, 3.8) is 0 Å². The molecule has 1 aliphatic heterocycles. The van der Waals surface area contributed by atoms with E-state index in [1.165, 1.54) is 81.1 Å². The van der Waals surface area contributed by atoms with Crippen LogP contribution in [0.1, 0.15) is 107 Å². The number of carbonyl (C=O) groups excluding carboxylic acids is 1. The number of benzene rings is 2. The second-order valence-corrected chi connectivity index (χ2v) is 11.7. The van der Waals surface area contributed by atoms with Crippen molar-refractivity contribution in [3.05, 3.63) is 64.7 Å². The van der Waals surface area contributed by atoms with Crippen molar-refractivity contribution in [2.24, 2.45) is 0 Å². The van der Waals surface area contributed by atoms with Crippen molar-refractivity contribution in [3.8, 4) is 11.5 Å². The number of nitrogens with zero attached hydrogens (tertiary/aromatic N) is 1. The van der Waals surface area contributed by atoms with Crippen LogP contribution < -0.4 is 14.8 Å². The molecular weight excluding hydrogens is 504 g/mol. The van der Waals surface area contributed by atoms with Gasteiger partial charge < -0.3 is 19.7 Å². The van der Waals surface area contributed by atoms with E-state index in [0.29, 0.717) is 23.7 Å². The van der Waals surface area contributed by atoms with E-state index >= 15 is 0 Å². The molecule has 6 heteroatoms. The number of amides is 1. The summed E-state index contributed by atoms with van der Waals surface area (Å²) in [4.78, 5) is 16.6. The number of unbranched alkanes of at least 4 members (excludes halogenated alkanes) is 11. The lowest BCUT2D eigenvalue weighted by molar-refractivity contribution is 0.102. The molecule has 0 saturated heterocycles. The van der Waals surface area contributed by atoms with Crippen molar-refractivity contribution >= 4 is 23.4 Å². The van der Waals surface area contributed by atoms with Gasteiger partial charge in [-0.2, -0.15) is 0 Å². The van der Waals surface area contributed by atoms with Crippen LogP contribution in [0.25, 0.3) is 0 Å². The van der Waals surface area contributed by atoms with Gasteiger partial charge in [0.1, 0.15) is 0 Å². The molecule has 0 bridgehead atoms. The third-order valence-electron chi connectivity index (χ3n) is 7.07. The van der Waals surface area contributed by atoms with E-state index in [-0.39, 0.29) is 5.91 Å². The van der Waals surface area contributed by atoms with Gasteiger partial charge in [0, 0.05) is 24.0 Å². The fraction of sp³-hybridized carbons (Fsp3) is 0.545. The maximum atomic E-state index is 13.0. The predicted octanol–water partition coefficient (Wildman–Crippen LogP) is 9.39. The molecule has 1 amide bonds. The van der Waals surface area contributed by atoms with Gasteiger partial charge in [-0.3, -0.25) is 4.79 Å². The van der Waals surface area contributed by atoms with Crippen LogP contribution in [0.15, 0.2) is 53.6 Å². The fourth-order valence-electron chi connectivity index (χ4n) is 4.85. The molecule has 0 radical (unpaired) electrons. The van der Waals surface area contributed by atoms with E-state index in [4.69, 9.17) is 9.47 Å². The highest BCUT2D eigenvalue weighted by Gasteiger charge is 2.13. The van der Waals surface area contributed by atoms with Crippen molar-refractivity contribution in [2.45, 2.75) is 97.4 Å². The maximum absolute atomic E-state index is 13.0. The third-order valence-corrected chi connectivity index (χ3v) is 8.10. The lowest BCUT2D eigenvalue weighted by Crippen LogP contribution is -2.14. The molecule has 0 fully saturated rings. The molecule has 0 atom stereocenters. The predicted molar refractivity (Wildman–Crippen MR) is 166 cm³/mol. The summed E-state index contributed by atoms with van der Waals surface area (Å²) in [5.74, 6) is 2.09. The molecule has 0 aromatic heterocycles. The van der Waals surface area contributed by atoms with E-state index in [1.54, 1.807) is 19.2 Å². The molecule has 1 aliphatic rings. The van der Waals surface area contributed by atoms with Gasteiger partial charge >= 0.3 is 0 Å². The second-order valence-electron chi connectivity index (χ2n) is 10.5. The van der Waals surface area contributed by atoms with Gasteiger partial charge in [-0.25, -0.2) is 0 Å². The molecule has 3 rings (SSSR count). The summed E-state index contributed by atoms with van der Waals surface area (Å²) in [7, 11) is 1.63. The minimum absolute atomic E-state index is 0.155. The summed E-state index contributed by atoms with van der Waals surface area (Å²) in [5, 5.41) is 3.04. The number of nitrogens with one attached hydrogen (secondary N) is 1. The number of anilines is 1. The lowest BCUT2D eigenvalue weighted by Gasteiger charge is -2.15. The number of ether oxygens (including phenoxy) is 2. The van der Waals surface area contributed by atoms with Crippen LogP contribution in [-0.2, 0) is 6.54 Å². The van der Waals surface area contributed by atoms with Gasteiger partial charge in [0.15, 0.2) is 11.5 Å². The van der Waals surface area contributed by atoms with E-state index < -0.39 is 0 Å². The largest absolute Gasteiger partial charge is 0.493 e. The van der Waals surface area contributed by atoms with E-state index in [2.05, 4.69) is 36.3 Å². The van der Waals surface area contributed by atoms with E-state index in [0.717, 1.165) is 24.5 Å². The van der Waals surface area contributed by atoms with Crippen LogP contribution in [0, 0.1) is 0 Å². The molecule has 0 aliphatic carbocycles. The standard InChI is InChI=1S/C33H48N2O3S/c1-4-5-6-7-8-9-10-11-12-13-14-15-21-38-32-23-29(19-20-31(32)37-3)33(36)34-30-18-16-17-28(22-30)25-35-24-27(2)39-26-35/h16-20,22-24H,4-15,21,25-26H2,1-3H3,(H,34,36). The van der Waals surface area contributed by atoms with Gasteiger partial charge in [0.25, 0.3) is 5.91 Å². The maximum Gasteiger partial charge on any atom is 0.255 e. The van der Waals surface area contributed by atoms with Crippen LogP contribution in [0.3, 0.4) is 0 Å². The monoisotopic (exact) mass is 552 g/mol. The van der Waals surface area contributed by atoms with Crippen molar-refractivity contribution in [1.82, 2.24) is 4.90 Å². The normalized spacial score (nSPS) is 12.9. The zero-order valence-corrected chi connectivity index (χ0v) is 25.1. The smallest absolute Gasteiger partial charge is 0.255 e. The highest BCUT2D eigenvalue weighted by Crippen LogP contribution is 2.29. The van der Waals surface area contributed by atoms with Gasteiger partial charge in [-0.05, 0) is 54.1 Å². The average Bonchev–Trinajstić information content (AvgIpc) is 3.35. The number of hydrogen-bond acceptors (Lipinski definition) is 5. The van der Waals surface area contributed by atoms with Crippen LogP contribution >= 0.6 is 11.8 Å². The molecule has 2 aromatic rings. The zero-order chi connectivity index (χ0) is 27.7. The first-order chi connectivity index (χ1) is 19.1. The molecule has 39 heavy (non-hydrogen) atoms. The average molecular weight is 553 g/mol. The molecule has 0 unspecified atom stereocenters. The van der Waals surface area contributed by atoms with Gasteiger partial charge in [-0.15, -0.1) is 11.8 Å². The van der Waals surface area contributed by atoms with Crippen LogP contribution in [0.5, 0.6) is 11.5 Å². The number of allylic oxidation sites excluding steroid dienone is 1. The first-order valence-electron chi connectivity index (χ1n) is 14.9. The summed E-state index contributed by atoms with van der Waals surface area (Å²) in [6.45, 7) is 5.86. The van der Waals surface area contributed by atoms with Crippen molar-refractivity contribution in [2.75, 3.05) is 24.9 Å². The van der Waals surface area contributed by atoms with E-state index in [9.17, 15) is 4.79 Å². The topological polar surface area (TPSA) is 50.8 Å². The van der Waals surface area contributed by atoms with Crippen LogP contribution in [0.2, 0.25) is 0 Å². The molecular formula is C33H48N2O3S. The van der Waals surface area contributed by atoms with Gasteiger partial charge in [0.05, 0.1) is 19.6 Å². The Morgan fingerprint density at radius 1 is 0.897 bits per heavy atom. The number of thioether (sulfide) groups is 1. The Bertz CT molecular complexity index is 1040. The first-order valence-corrected chi connectivity index (χ1v) is 15.8. The van der Waals surface area contributed by atoms with Gasteiger partial charge in [0.2, 0.25) is 0 Å². The SMILES string of the molecule is CCCCCCCCCCCCCCOc1cc(C(=O)Nc2cccc(CN3C=C(C)SC3)c2)ccc1OC. The Morgan fingerprint density at radius 3 is 2.23 bits per heavy atom. The first kappa shape index (κ1) is 30.9. The number of rotatable bonds is 19. The lowest BCUT2D eigenvalue weighted by atomic mass is 10.1. The minimum atomic E-state index is -0.155. The summed E-state index contributed by atoms with van der Waals surface area (Å²) in [5.41, 5.74) is 2.51. The number of hydrogen-bond donors (Lipinski definition) is 1. The highest BCUT2D eigenvalue weighted by molar-refractivity contribution is 8.03. The summed E-state index contributed by atoms with van der Waals surface area (Å²) < 4.78 is 11.5. The number of methoxy groups -OCH3 is 1. The Hall–Kier alpha value is -2.60. The second kappa shape index (κ2) is 17.9. The molecule has 2 aromatic carbocycles. The molecule has 0 spiro atoms. The molecule has 1 heterocycles. The van der Waals surface area contributed by atoms with E-state index in [1.807, 2.05) is 36.0 Å². The Kier molecular flexibility index (Phi) is 14.2. The Labute approximate surface area is 240 Å². The number of carbonyl (C=O) groups is 1. The Balaban J connectivity index is 1.39. The summed E-state index contributed by atoms with van der Waals surface area (Å²) in [6.07, 6.45) is 17.9. The fourth-order valence-corrected chi connectivity index (χ4v) is 5.61. The summed E-state index contributed by atoms with van der Waals surface area (Å²) in [6, 6.07) is 13.4. The molecule has 214 valence electrons. The van der Waals surface area contributed by atoms with Crippen LogP contribution in [0.4, 0.5) is 5.69 Å². The highest BCUT2D eigenvalue weighted by atomic mass is 32.2. The van der Waals surface area contributed by atoms with Crippen LogP contribution in [-0.4, -0.2) is 30.4 Å². The summed E-state index contributed by atoms with van der Waals surface area (Å²) >= 11 is 1.85.